The number of benzene rings is 1. The van der Waals surface area contributed by atoms with Crippen molar-refractivity contribution in [1.82, 2.24) is 4.90 Å². The monoisotopic (exact) mass is 341 g/mol. The van der Waals surface area contributed by atoms with Crippen molar-refractivity contribution in [2.24, 2.45) is 0 Å². The first-order chi connectivity index (χ1) is 11.8. The molecule has 0 saturated carbocycles. The average Bonchev–Trinajstić information content (AvgIpc) is 3.28. The maximum absolute atomic E-state index is 12.9. The zero-order chi connectivity index (χ0) is 16.8. The van der Waals surface area contributed by atoms with Crippen LogP contribution >= 0.6 is 11.3 Å². The molecule has 3 rings (SSSR count). The van der Waals surface area contributed by atoms with E-state index in [-0.39, 0.29) is 5.91 Å². The molecule has 0 aliphatic rings. The Balaban J connectivity index is 1.79. The normalized spacial score (nSPS) is 10.7. The van der Waals surface area contributed by atoms with Crippen LogP contribution in [-0.2, 0) is 24.4 Å². The number of nitrogens with zero attached hydrogens (tertiary/aromatic N) is 1. The van der Waals surface area contributed by atoms with Crippen LogP contribution in [0.1, 0.15) is 26.6 Å². The molecule has 4 nitrogen and oxygen atoms in total. The van der Waals surface area contributed by atoms with Gasteiger partial charge in [0.05, 0.1) is 26.0 Å². The Morgan fingerprint density at radius 2 is 1.96 bits per heavy atom. The van der Waals surface area contributed by atoms with Gasteiger partial charge in [-0.1, -0.05) is 18.2 Å². The number of hydrogen-bond donors (Lipinski definition) is 0. The van der Waals surface area contributed by atoms with Gasteiger partial charge < -0.3 is 14.1 Å². The Labute approximate surface area is 145 Å². The van der Waals surface area contributed by atoms with Crippen molar-refractivity contribution in [3.05, 3.63) is 81.9 Å². The summed E-state index contributed by atoms with van der Waals surface area (Å²) in [4.78, 5) is 15.9. The predicted octanol–water partition coefficient (Wildman–Crippen LogP) is 4.33. The molecule has 0 aliphatic heterocycles. The van der Waals surface area contributed by atoms with Crippen molar-refractivity contribution < 1.29 is 13.9 Å². The lowest BCUT2D eigenvalue weighted by Gasteiger charge is -2.21. The van der Waals surface area contributed by atoms with Gasteiger partial charge in [0.15, 0.2) is 0 Å². The maximum Gasteiger partial charge on any atom is 0.254 e. The molecular weight excluding hydrogens is 322 g/mol. The highest BCUT2D eigenvalue weighted by Crippen LogP contribution is 2.18. The third kappa shape index (κ3) is 4.13. The standard InChI is InChI=1S/C19H19NO3S/c1-22-14-15-6-8-16(9-7-15)19(21)20(12-17-4-2-10-23-17)13-18-5-3-11-24-18/h2-11H,12-14H2,1H3. The summed E-state index contributed by atoms with van der Waals surface area (Å²) in [6, 6.07) is 15.3. The molecule has 0 atom stereocenters. The molecule has 0 spiro atoms. The first-order valence-electron chi connectivity index (χ1n) is 7.68. The van der Waals surface area contributed by atoms with Gasteiger partial charge in [-0.25, -0.2) is 0 Å². The van der Waals surface area contributed by atoms with Crippen LogP contribution in [0.2, 0.25) is 0 Å². The number of carbonyl (C=O) groups excluding carboxylic acids is 1. The van der Waals surface area contributed by atoms with Crippen LogP contribution in [0.5, 0.6) is 0 Å². The summed E-state index contributed by atoms with van der Waals surface area (Å²) in [6.45, 7) is 1.56. The molecule has 0 aliphatic carbocycles. The first kappa shape index (κ1) is 16.5. The Morgan fingerprint density at radius 1 is 1.12 bits per heavy atom. The van der Waals surface area contributed by atoms with Gasteiger partial charge in [0.2, 0.25) is 0 Å². The predicted molar refractivity (Wildman–Crippen MR) is 93.8 cm³/mol. The van der Waals surface area contributed by atoms with E-state index < -0.39 is 0 Å². The molecule has 0 N–H and O–H groups in total. The van der Waals surface area contributed by atoms with Crippen molar-refractivity contribution in [2.45, 2.75) is 19.7 Å². The van der Waals surface area contributed by atoms with E-state index in [0.717, 1.165) is 16.2 Å². The fraction of sp³-hybridized carbons (Fsp3) is 0.211. The second-order valence-corrected chi connectivity index (χ2v) is 6.48. The Kier molecular flexibility index (Phi) is 5.46. The van der Waals surface area contributed by atoms with Gasteiger partial charge in [0, 0.05) is 17.6 Å². The SMILES string of the molecule is COCc1ccc(C(=O)N(Cc2ccco2)Cc2cccs2)cc1. The Bertz CT molecular complexity index is 712. The lowest BCUT2D eigenvalue weighted by molar-refractivity contribution is 0.0719. The fourth-order valence-electron chi connectivity index (χ4n) is 2.47. The topological polar surface area (TPSA) is 42.7 Å². The second kappa shape index (κ2) is 7.95. The Morgan fingerprint density at radius 3 is 2.58 bits per heavy atom. The first-order valence-corrected chi connectivity index (χ1v) is 8.56. The minimum atomic E-state index is -0.0104. The number of carbonyl (C=O) groups is 1. The molecule has 0 unspecified atom stereocenters. The molecule has 2 heterocycles. The van der Waals surface area contributed by atoms with E-state index in [9.17, 15) is 4.79 Å². The van der Waals surface area contributed by atoms with Crippen molar-refractivity contribution >= 4 is 17.2 Å². The van der Waals surface area contributed by atoms with Gasteiger partial charge in [-0.2, -0.15) is 0 Å². The van der Waals surface area contributed by atoms with Gasteiger partial charge >= 0.3 is 0 Å². The number of furan rings is 1. The number of methoxy groups -OCH3 is 1. The summed E-state index contributed by atoms with van der Waals surface area (Å²) in [5.41, 5.74) is 1.71. The fourth-order valence-corrected chi connectivity index (χ4v) is 3.19. The average molecular weight is 341 g/mol. The Hall–Kier alpha value is -2.37. The largest absolute Gasteiger partial charge is 0.467 e. The summed E-state index contributed by atoms with van der Waals surface area (Å²) in [6.07, 6.45) is 1.63. The van der Waals surface area contributed by atoms with E-state index in [1.807, 2.05) is 53.9 Å². The second-order valence-electron chi connectivity index (χ2n) is 5.45. The summed E-state index contributed by atoms with van der Waals surface area (Å²) in [5.74, 6) is 0.764. The van der Waals surface area contributed by atoms with Gasteiger partial charge in [-0.05, 0) is 41.3 Å². The molecule has 3 aromatic rings. The van der Waals surface area contributed by atoms with Crippen LogP contribution in [0, 0.1) is 0 Å². The highest BCUT2D eigenvalue weighted by atomic mass is 32.1. The van der Waals surface area contributed by atoms with Gasteiger partial charge in [0.1, 0.15) is 5.76 Å². The van der Waals surface area contributed by atoms with E-state index in [2.05, 4.69) is 0 Å². The minimum absolute atomic E-state index is 0.0104. The molecular formula is C19H19NO3S. The van der Waals surface area contributed by atoms with Crippen LogP contribution in [0.4, 0.5) is 0 Å². The highest BCUT2D eigenvalue weighted by molar-refractivity contribution is 7.09. The summed E-state index contributed by atoms with van der Waals surface area (Å²) in [5, 5.41) is 2.02. The molecule has 24 heavy (non-hydrogen) atoms. The van der Waals surface area contributed by atoms with E-state index in [1.165, 1.54) is 0 Å². The molecule has 0 fully saturated rings. The number of hydrogen-bond acceptors (Lipinski definition) is 4. The van der Waals surface area contributed by atoms with E-state index >= 15 is 0 Å². The zero-order valence-electron chi connectivity index (χ0n) is 13.5. The molecule has 5 heteroatoms. The highest BCUT2D eigenvalue weighted by Gasteiger charge is 2.18. The van der Waals surface area contributed by atoms with Crippen molar-refractivity contribution in [1.29, 1.82) is 0 Å². The van der Waals surface area contributed by atoms with E-state index in [4.69, 9.17) is 9.15 Å². The zero-order valence-corrected chi connectivity index (χ0v) is 14.3. The smallest absolute Gasteiger partial charge is 0.254 e. The van der Waals surface area contributed by atoms with Crippen LogP contribution in [0.3, 0.4) is 0 Å². The van der Waals surface area contributed by atoms with Crippen molar-refractivity contribution in [2.75, 3.05) is 7.11 Å². The molecule has 1 amide bonds. The molecule has 1 aromatic carbocycles. The lowest BCUT2D eigenvalue weighted by atomic mass is 10.1. The minimum Gasteiger partial charge on any atom is -0.467 e. The van der Waals surface area contributed by atoms with Crippen molar-refractivity contribution in [3.8, 4) is 0 Å². The molecule has 2 aromatic heterocycles. The number of rotatable bonds is 7. The van der Waals surface area contributed by atoms with Crippen LogP contribution in [-0.4, -0.2) is 17.9 Å². The van der Waals surface area contributed by atoms with Gasteiger partial charge in [-0.3, -0.25) is 4.79 Å². The molecule has 0 radical (unpaired) electrons. The third-order valence-electron chi connectivity index (χ3n) is 3.65. The number of amides is 1. The summed E-state index contributed by atoms with van der Waals surface area (Å²) >= 11 is 1.64. The third-order valence-corrected chi connectivity index (χ3v) is 4.51. The molecule has 0 bridgehead atoms. The lowest BCUT2D eigenvalue weighted by Crippen LogP contribution is -2.29. The summed E-state index contributed by atoms with van der Waals surface area (Å²) in [7, 11) is 1.66. The van der Waals surface area contributed by atoms with Crippen molar-refractivity contribution in [3.63, 3.8) is 0 Å². The van der Waals surface area contributed by atoms with Crippen LogP contribution in [0.15, 0.2) is 64.6 Å². The number of thiophene rings is 1. The van der Waals surface area contributed by atoms with Gasteiger partial charge in [-0.15, -0.1) is 11.3 Å². The molecule has 124 valence electrons. The van der Waals surface area contributed by atoms with E-state index in [0.29, 0.717) is 25.3 Å². The van der Waals surface area contributed by atoms with E-state index in [1.54, 1.807) is 29.6 Å². The molecule has 0 saturated heterocycles. The van der Waals surface area contributed by atoms with Crippen LogP contribution in [0.25, 0.3) is 0 Å². The van der Waals surface area contributed by atoms with Gasteiger partial charge in [0.25, 0.3) is 5.91 Å². The number of ether oxygens (including phenoxy) is 1. The van der Waals surface area contributed by atoms with Crippen LogP contribution < -0.4 is 0 Å². The summed E-state index contributed by atoms with van der Waals surface area (Å²) < 4.78 is 10.5. The quantitative estimate of drug-likeness (QED) is 0.642. The maximum atomic E-state index is 12.9.